The lowest BCUT2D eigenvalue weighted by molar-refractivity contribution is -0.125. The molecule has 8 nitrogen and oxygen atoms in total. The predicted molar refractivity (Wildman–Crippen MR) is 127 cm³/mol. The molecule has 2 N–H and O–H groups in total. The lowest BCUT2D eigenvalue weighted by Crippen LogP contribution is -2.41. The predicted octanol–water partition coefficient (Wildman–Crippen LogP) is 4.63. The highest BCUT2D eigenvalue weighted by Gasteiger charge is 2.25. The van der Waals surface area contributed by atoms with Crippen LogP contribution in [0.3, 0.4) is 0 Å². The molecule has 34 heavy (non-hydrogen) atoms. The average Bonchev–Trinajstić information content (AvgIpc) is 2.83. The van der Waals surface area contributed by atoms with Crippen molar-refractivity contribution in [2.45, 2.75) is 37.8 Å². The summed E-state index contributed by atoms with van der Waals surface area (Å²) in [6.45, 7) is 0.0578. The number of hydrogen-bond acceptors (Lipinski definition) is 7. The molecule has 0 atom stereocenters. The number of amides is 1. The van der Waals surface area contributed by atoms with Gasteiger partial charge < -0.3 is 24.8 Å². The minimum atomic E-state index is -0.560. The number of hydrogen-bond donors (Lipinski definition) is 2. The zero-order chi connectivity index (χ0) is 24.1. The molecule has 1 aliphatic carbocycles. The first-order valence-corrected chi connectivity index (χ1v) is 11.3. The Morgan fingerprint density at radius 2 is 1.94 bits per heavy atom. The first kappa shape index (κ1) is 24.0. The molecular formula is C24H26ClFN4O4. The van der Waals surface area contributed by atoms with Crippen molar-refractivity contribution in [2.75, 3.05) is 26.1 Å². The molecule has 0 aliphatic heterocycles. The number of carbonyl (C=O) groups excluding carboxylic acids is 1. The monoisotopic (exact) mass is 488 g/mol. The number of fused-ring (bicyclic) bond motifs is 1. The van der Waals surface area contributed by atoms with Crippen LogP contribution in [0.25, 0.3) is 10.9 Å². The molecule has 180 valence electrons. The molecule has 1 aromatic heterocycles. The number of nitrogens with zero attached hydrogens (tertiary/aromatic N) is 2. The summed E-state index contributed by atoms with van der Waals surface area (Å²) in [4.78, 5) is 20.4. The lowest BCUT2D eigenvalue weighted by atomic mass is 9.93. The molecule has 0 saturated heterocycles. The van der Waals surface area contributed by atoms with Crippen LogP contribution in [-0.4, -0.2) is 48.8 Å². The molecule has 4 rings (SSSR count). The maximum absolute atomic E-state index is 14.4. The largest absolute Gasteiger partial charge is 0.493 e. The molecule has 1 aliphatic rings. The van der Waals surface area contributed by atoms with Crippen molar-refractivity contribution in [2.24, 2.45) is 0 Å². The molecule has 0 bridgehead atoms. The highest BCUT2D eigenvalue weighted by atomic mass is 35.5. The molecule has 2 aromatic carbocycles. The second-order valence-electron chi connectivity index (χ2n) is 8.06. The van der Waals surface area contributed by atoms with E-state index in [0.717, 1.165) is 25.7 Å². The minimum Gasteiger partial charge on any atom is -0.493 e. The van der Waals surface area contributed by atoms with Gasteiger partial charge in [-0.15, -0.1) is 0 Å². The van der Waals surface area contributed by atoms with Gasteiger partial charge in [0.05, 0.1) is 29.4 Å². The van der Waals surface area contributed by atoms with E-state index in [1.54, 1.807) is 31.4 Å². The van der Waals surface area contributed by atoms with Crippen LogP contribution in [0.2, 0.25) is 5.02 Å². The van der Waals surface area contributed by atoms with Crippen molar-refractivity contribution >= 4 is 39.9 Å². The molecule has 0 unspecified atom stereocenters. The normalized spacial score (nSPS) is 17.9. The number of nitrogens with one attached hydrogen (secondary N) is 2. The molecule has 10 heteroatoms. The Bertz CT molecular complexity index is 1170. The number of carbonyl (C=O) groups is 1. The Hall–Kier alpha value is -3.17. The van der Waals surface area contributed by atoms with E-state index < -0.39 is 5.82 Å². The molecule has 1 fully saturated rings. The van der Waals surface area contributed by atoms with E-state index in [9.17, 15) is 9.18 Å². The van der Waals surface area contributed by atoms with E-state index in [4.69, 9.17) is 25.8 Å². The minimum absolute atomic E-state index is 0.0167. The summed E-state index contributed by atoms with van der Waals surface area (Å²) in [5.41, 5.74) is 0.827. The number of rotatable bonds is 8. The Morgan fingerprint density at radius 3 is 2.68 bits per heavy atom. The summed E-state index contributed by atoms with van der Waals surface area (Å²) in [6, 6.07) is 8.39. The topological polar surface area (TPSA) is 94.6 Å². The molecule has 1 heterocycles. The number of aromatic nitrogens is 2. The third kappa shape index (κ3) is 5.48. The Labute approximate surface area is 201 Å². The Morgan fingerprint density at radius 1 is 1.15 bits per heavy atom. The van der Waals surface area contributed by atoms with E-state index in [-0.39, 0.29) is 35.4 Å². The van der Waals surface area contributed by atoms with Gasteiger partial charge in [0, 0.05) is 24.6 Å². The highest BCUT2D eigenvalue weighted by Crippen LogP contribution is 2.37. The van der Waals surface area contributed by atoms with Crippen LogP contribution < -0.4 is 20.1 Å². The summed E-state index contributed by atoms with van der Waals surface area (Å²) in [7, 11) is 3.07. The van der Waals surface area contributed by atoms with Crippen LogP contribution in [0, 0.1) is 5.82 Å². The molecule has 1 saturated carbocycles. The molecule has 1 amide bonds. The van der Waals surface area contributed by atoms with Gasteiger partial charge in [-0.05, 0) is 43.9 Å². The van der Waals surface area contributed by atoms with Gasteiger partial charge >= 0.3 is 0 Å². The van der Waals surface area contributed by atoms with Crippen LogP contribution in [-0.2, 0) is 9.53 Å². The van der Waals surface area contributed by atoms with Gasteiger partial charge in [-0.25, -0.2) is 14.4 Å². The fourth-order valence-electron chi connectivity index (χ4n) is 4.05. The lowest BCUT2D eigenvalue weighted by Gasteiger charge is -2.30. The molecular weight excluding hydrogens is 463 g/mol. The van der Waals surface area contributed by atoms with Crippen molar-refractivity contribution < 1.29 is 23.4 Å². The number of ether oxygens (including phenoxy) is 3. The standard InChI is InChI=1S/C24H26ClFN4O4/c1-32-12-22(31)29-14-6-8-15(9-7-14)34-21-10-16-19(11-20(21)33-2)27-13-28-24(16)30-18-5-3-4-17(25)23(18)26/h3-5,10-11,13-15H,6-9,12H2,1-2H3,(H,29,31)(H,27,28,30)/t14-,15-. The number of halogens is 2. The zero-order valence-corrected chi connectivity index (χ0v) is 19.7. The van der Waals surface area contributed by atoms with Gasteiger partial charge in [-0.1, -0.05) is 17.7 Å². The van der Waals surface area contributed by atoms with E-state index in [2.05, 4.69) is 20.6 Å². The quantitative estimate of drug-likeness (QED) is 0.477. The van der Waals surface area contributed by atoms with Crippen molar-refractivity contribution in [3.8, 4) is 11.5 Å². The fourth-order valence-corrected chi connectivity index (χ4v) is 4.22. The maximum atomic E-state index is 14.4. The highest BCUT2D eigenvalue weighted by molar-refractivity contribution is 6.31. The SMILES string of the molecule is COCC(=O)N[C@H]1CC[C@H](Oc2cc3c(Nc4cccc(Cl)c4F)ncnc3cc2OC)CC1. The summed E-state index contributed by atoms with van der Waals surface area (Å²) >= 11 is 5.91. The molecule has 0 spiro atoms. The van der Waals surface area contributed by atoms with Crippen LogP contribution in [0.1, 0.15) is 25.7 Å². The maximum Gasteiger partial charge on any atom is 0.246 e. The van der Waals surface area contributed by atoms with Gasteiger partial charge in [0.1, 0.15) is 18.8 Å². The van der Waals surface area contributed by atoms with Gasteiger partial charge in [0.15, 0.2) is 17.3 Å². The number of methoxy groups -OCH3 is 2. The van der Waals surface area contributed by atoms with Crippen LogP contribution in [0.15, 0.2) is 36.7 Å². The van der Waals surface area contributed by atoms with Gasteiger partial charge in [0.25, 0.3) is 0 Å². The summed E-state index contributed by atoms with van der Waals surface area (Å²) < 4.78 is 31.1. The molecule has 0 radical (unpaired) electrons. The van der Waals surface area contributed by atoms with Crippen LogP contribution >= 0.6 is 11.6 Å². The van der Waals surface area contributed by atoms with E-state index >= 15 is 0 Å². The number of benzene rings is 2. The van der Waals surface area contributed by atoms with Gasteiger partial charge in [-0.2, -0.15) is 0 Å². The van der Waals surface area contributed by atoms with Crippen LogP contribution in [0.5, 0.6) is 11.5 Å². The molecule has 3 aromatic rings. The van der Waals surface area contributed by atoms with E-state index in [1.165, 1.54) is 19.5 Å². The van der Waals surface area contributed by atoms with Crippen molar-refractivity contribution in [1.29, 1.82) is 0 Å². The summed E-state index contributed by atoms with van der Waals surface area (Å²) in [6.07, 6.45) is 4.53. The van der Waals surface area contributed by atoms with Gasteiger partial charge in [0.2, 0.25) is 5.91 Å². The summed E-state index contributed by atoms with van der Waals surface area (Å²) in [5.74, 6) is 0.839. The zero-order valence-electron chi connectivity index (χ0n) is 18.9. The van der Waals surface area contributed by atoms with Crippen molar-refractivity contribution in [3.63, 3.8) is 0 Å². The van der Waals surface area contributed by atoms with Gasteiger partial charge in [-0.3, -0.25) is 4.79 Å². The van der Waals surface area contributed by atoms with E-state index in [0.29, 0.717) is 28.2 Å². The Balaban J connectivity index is 1.53. The Kier molecular flexibility index (Phi) is 7.64. The van der Waals surface area contributed by atoms with Crippen molar-refractivity contribution in [3.05, 3.63) is 47.5 Å². The summed E-state index contributed by atoms with van der Waals surface area (Å²) in [5, 5.41) is 6.65. The first-order valence-electron chi connectivity index (χ1n) is 11.0. The second kappa shape index (κ2) is 10.8. The van der Waals surface area contributed by atoms with Crippen LogP contribution in [0.4, 0.5) is 15.9 Å². The third-order valence-electron chi connectivity index (χ3n) is 5.73. The second-order valence-corrected chi connectivity index (χ2v) is 8.47. The average molecular weight is 489 g/mol. The first-order chi connectivity index (χ1) is 16.5. The van der Waals surface area contributed by atoms with Crippen molar-refractivity contribution in [1.82, 2.24) is 15.3 Å². The number of anilines is 2. The third-order valence-corrected chi connectivity index (χ3v) is 6.03. The fraction of sp³-hybridized carbons (Fsp3) is 0.375. The van der Waals surface area contributed by atoms with E-state index in [1.807, 2.05) is 0 Å². The smallest absolute Gasteiger partial charge is 0.246 e.